The van der Waals surface area contributed by atoms with Gasteiger partial charge in [-0.3, -0.25) is 0 Å². The highest BCUT2D eigenvalue weighted by Crippen LogP contribution is 2.31. The number of esters is 1. The van der Waals surface area contributed by atoms with E-state index in [9.17, 15) is 4.79 Å². The van der Waals surface area contributed by atoms with Crippen molar-refractivity contribution in [2.24, 2.45) is 0 Å². The number of benzene rings is 2. The van der Waals surface area contributed by atoms with Gasteiger partial charge >= 0.3 is 5.97 Å². The van der Waals surface area contributed by atoms with Crippen LogP contribution in [0.5, 0.6) is 11.5 Å². The van der Waals surface area contributed by atoms with Gasteiger partial charge in [0.15, 0.2) is 11.5 Å². The summed E-state index contributed by atoms with van der Waals surface area (Å²) < 4.78 is 15.8. The molecule has 0 aliphatic carbocycles. The number of hydrogen-bond donors (Lipinski definition) is 0. The predicted molar refractivity (Wildman–Crippen MR) is 94.3 cm³/mol. The first-order chi connectivity index (χ1) is 11.7. The van der Waals surface area contributed by atoms with Crippen molar-refractivity contribution in [2.45, 2.75) is 12.8 Å². The Hall–Kier alpha value is -2.75. The zero-order valence-corrected chi connectivity index (χ0v) is 14.0. The van der Waals surface area contributed by atoms with Gasteiger partial charge in [-0.1, -0.05) is 42.5 Å². The zero-order chi connectivity index (χ0) is 17.2. The first-order valence-corrected chi connectivity index (χ1v) is 7.84. The van der Waals surface area contributed by atoms with E-state index in [2.05, 4.69) is 12.1 Å². The maximum atomic E-state index is 11.8. The Bertz CT molecular complexity index is 677. The van der Waals surface area contributed by atoms with E-state index in [4.69, 9.17) is 14.2 Å². The number of hydrogen-bond acceptors (Lipinski definition) is 4. The second-order valence-corrected chi connectivity index (χ2v) is 5.17. The molecule has 4 heteroatoms. The Morgan fingerprint density at radius 3 is 2.50 bits per heavy atom. The molecule has 0 saturated heterocycles. The fourth-order valence-corrected chi connectivity index (χ4v) is 2.34. The highest BCUT2D eigenvalue weighted by atomic mass is 16.5. The van der Waals surface area contributed by atoms with Crippen LogP contribution in [0.25, 0.3) is 6.08 Å². The van der Waals surface area contributed by atoms with Crippen LogP contribution in [0.2, 0.25) is 0 Å². The second-order valence-electron chi connectivity index (χ2n) is 5.17. The summed E-state index contributed by atoms with van der Waals surface area (Å²) in [6.07, 6.45) is 4.76. The molecule has 0 saturated carbocycles. The molecule has 0 heterocycles. The molecule has 0 amide bonds. The zero-order valence-electron chi connectivity index (χ0n) is 14.0. The van der Waals surface area contributed by atoms with Crippen LogP contribution in [-0.4, -0.2) is 26.8 Å². The first-order valence-electron chi connectivity index (χ1n) is 7.84. The molecule has 0 N–H and O–H groups in total. The van der Waals surface area contributed by atoms with Crippen LogP contribution in [-0.2, 0) is 16.0 Å². The SMILES string of the molecule is COc1cccc(/C=C/C(=O)OCCCc2ccccc2)c1OC. The maximum Gasteiger partial charge on any atom is 0.330 e. The fraction of sp³-hybridized carbons (Fsp3) is 0.250. The monoisotopic (exact) mass is 326 g/mol. The lowest BCUT2D eigenvalue weighted by Crippen LogP contribution is -2.03. The summed E-state index contributed by atoms with van der Waals surface area (Å²) in [6.45, 7) is 0.396. The molecule has 0 bridgehead atoms. The molecular weight excluding hydrogens is 304 g/mol. The van der Waals surface area contributed by atoms with Crippen LogP contribution in [0.4, 0.5) is 0 Å². The molecule has 0 aliphatic rings. The van der Waals surface area contributed by atoms with Gasteiger partial charge in [0.05, 0.1) is 20.8 Å². The largest absolute Gasteiger partial charge is 0.493 e. The van der Waals surface area contributed by atoms with E-state index in [1.807, 2.05) is 30.3 Å². The number of ether oxygens (including phenoxy) is 3. The topological polar surface area (TPSA) is 44.8 Å². The van der Waals surface area contributed by atoms with E-state index < -0.39 is 0 Å². The molecule has 2 aromatic carbocycles. The third-order valence-electron chi connectivity index (χ3n) is 3.53. The standard InChI is InChI=1S/C20H22O4/c1-22-18-12-6-11-17(20(18)23-2)13-14-19(21)24-15-7-10-16-8-4-3-5-9-16/h3-6,8-9,11-14H,7,10,15H2,1-2H3/b14-13+. The molecule has 0 fully saturated rings. The number of carbonyl (C=O) groups is 1. The Morgan fingerprint density at radius 1 is 1.00 bits per heavy atom. The minimum Gasteiger partial charge on any atom is -0.493 e. The summed E-state index contributed by atoms with van der Waals surface area (Å²) in [4.78, 5) is 11.8. The molecule has 0 radical (unpaired) electrons. The number of methoxy groups -OCH3 is 2. The van der Waals surface area contributed by atoms with Gasteiger partial charge in [-0.2, -0.15) is 0 Å². The molecule has 126 valence electrons. The van der Waals surface area contributed by atoms with Crippen molar-refractivity contribution in [1.29, 1.82) is 0 Å². The van der Waals surface area contributed by atoms with E-state index in [0.29, 0.717) is 18.1 Å². The number of aryl methyl sites for hydroxylation is 1. The van der Waals surface area contributed by atoms with Crippen LogP contribution in [0, 0.1) is 0 Å². The number of carbonyl (C=O) groups excluding carboxylic acids is 1. The van der Waals surface area contributed by atoms with Crippen molar-refractivity contribution >= 4 is 12.0 Å². The molecule has 4 nitrogen and oxygen atoms in total. The van der Waals surface area contributed by atoms with Gasteiger partial charge in [0, 0.05) is 11.6 Å². The van der Waals surface area contributed by atoms with Crippen molar-refractivity contribution in [2.75, 3.05) is 20.8 Å². The fourth-order valence-electron chi connectivity index (χ4n) is 2.34. The number of rotatable bonds is 8. The average molecular weight is 326 g/mol. The Labute approximate surface area is 142 Å². The van der Waals surface area contributed by atoms with E-state index in [0.717, 1.165) is 18.4 Å². The lowest BCUT2D eigenvalue weighted by molar-refractivity contribution is -0.137. The van der Waals surface area contributed by atoms with E-state index in [1.54, 1.807) is 26.4 Å². The minimum atomic E-state index is -0.368. The summed E-state index contributed by atoms with van der Waals surface area (Å²) in [5, 5.41) is 0. The Kier molecular flexibility index (Phi) is 6.90. The minimum absolute atomic E-state index is 0.368. The molecule has 0 aromatic heterocycles. The summed E-state index contributed by atoms with van der Waals surface area (Å²) in [5.41, 5.74) is 2.00. The van der Waals surface area contributed by atoms with Crippen LogP contribution in [0.15, 0.2) is 54.6 Å². The quantitative estimate of drug-likeness (QED) is 0.419. The third-order valence-corrected chi connectivity index (χ3v) is 3.53. The first kappa shape index (κ1) is 17.6. The van der Waals surface area contributed by atoms with E-state index >= 15 is 0 Å². The highest BCUT2D eigenvalue weighted by Gasteiger charge is 2.07. The molecule has 0 spiro atoms. The summed E-state index contributed by atoms with van der Waals surface area (Å²) in [5.74, 6) is 0.844. The van der Waals surface area contributed by atoms with Gasteiger partial charge in [0.25, 0.3) is 0 Å². The van der Waals surface area contributed by atoms with Crippen LogP contribution in [0.3, 0.4) is 0 Å². The average Bonchev–Trinajstić information content (AvgIpc) is 2.63. The second kappa shape index (κ2) is 9.40. The third kappa shape index (κ3) is 5.16. The summed E-state index contributed by atoms with van der Waals surface area (Å²) in [7, 11) is 3.14. The molecule has 0 aliphatic heterocycles. The summed E-state index contributed by atoms with van der Waals surface area (Å²) in [6, 6.07) is 15.6. The van der Waals surface area contributed by atoms with Gasteiger partial charge in [-0.25, -0.2) is 4.79 Å². The normalized spacial score (nSPS) is 10.6. The lowest BCUT2D eigenvalue weighted by atomic mass is 10.1. The van der Waals surface area contributed by atoms with Gasteiger partial charge in [-0.05, 0) is 30.5 Å². The van der Waals surface area contributed by atoms with E-state index in [-0.39, 0.29) is 5.97 Å². The molecule has 0 atom stereocenters. The smallest absolute Gasteiger partial charge is 0.330 e. The Balaban J connectivity index is 1.83. The van der Waals surface area contributed by atoms with E-state index in [1.165, 1.54) is 11.6 Å². The van der Waals surface area contributed by atoms with Gasteiger partial charge in [-0.15, -0.1) is 0 Å². The lowest BCUT2D eigenvalue weighted by Gasteiger charge is -2.09. The number of para-hydroxylation sites is 1. The maximum absolute atomic E-state index is 11.8. The molecule has 2 aromatic rings. The van der Waals surface area contributed by atoms with Crippen LogP contribution in [0.1, 0.15) is 17.5 Å². The summed E-state index contributed by atoms with van der Waals surface area (Å²) >= 11 is 0. The van der Waals surface area contributed by atoms with Crippen molar-refractivity contribution in [3.05, 3.63) is 65.7 Å². The highest BCUT2D eigenvalue weighted by molar-refractivity contribution is 5.87. The molecule has 2 rings (SSSR count). The van der Waals surface area contributed by atoms with Crippen molar-refractivity contribution in [3.8, 4) is 11.5 Å². The molecular formula is C20H22O4. The van der Waals surface area contributed by atoms with Crippen LogP contribution >= 0.6 is 0 Å². The molecule has 24 heavy (non-hydrogen) atoms. The molecule has 0 unspecified atom stereocenters. The van der Waals surface area contributed by atoms with Crippen molar-refractivity contribution < 1.29 is 19.0 Å². The van der Waals surface area contributed by atoms with Crippen LogP contribution < -0.4 is 9.47 Å². The van der Waals surface area contributed by atoms with Gasteiger partial charge in [0.2, 0.25) is 0 Å². The van der Waals surface area contributed by atoms with Crippen molar-refractivity contribution in [3.63, 3.8) is 0 Å². The van der Waals surface area contributed by atoms with Crippen molar-refractivity contribution in [1.82, 2.24) is 0 Å². The Morgan fingerprint density at radius 2 is 1.79 bits per heavy atom. The predicted octanol–water partition coefficient (Wildman–Crippen LogP) is 3.89. The van der Waals surface area contributed by atoms with Gasteiger partial charge in [0.1, 0.15) is 0 Å². The van der Waals surface area contributed by atoms with Gasteiger partial charge < -0.3 is 14.2 Å².